The van der Waals surface area contributed by atoms with Gasteiger partial charge in [-0.15, -0.1) is 0 Å². The SMILES string of the molecule is CC[NH+](Cc1ccc(OC)c(F)c1)[C@@H](C)C(=O)Nc1ccc(N2CCOCC2)cc1. The van der Waals surface area contributed by atoms with Gasteiger partial charge in [0.25, 0.3) is 5.91 Å². The van der Waals surface area contributed by atoms with Crippen molar-refractivity contribution >= 4 is 17.3 Å². The zero-order valence-electron chi connectivity index (χ0n) is 17.9. The van der Waals surface area contributed by atoms with Crippen LogP contribution in [0.25, 0.3) is 0 Å². The summed E-state index contributed by atoms with van der Waals surface area (Å²) < 4.78 is 24.4. The molecule has 7 heteroatoms. The van der Waals surface area contributed by atoms with Crippen LogP contribution in [-0.4, -0.2) is 51.9 Å². The number of benzene rings is 2. The molecule has 0 spiro atoms. The molecule has 1 heterocycles. The molecule has 6 nitrogen and oxygen atoms in total. The number of rotatable bonds is 8. The standard InChI is InChI=1S/C23H30FN3O3/c1-4-26(16-18-5-10-22(29-3)21(24)15-18)17(2)23(28)25-19-6-8-20(9-7-19)27-11-13-30-14-12-27/h5-10,15,17H,4,11-14,16H2,1-3H3,(H,25,28)/p+1/t17-/m0/s1. The van der Waals surface area contributed by atoms with E-state index in [-0.39, 0.29) is 23.5 Å². The first kappa shape index (κ1) is 22.1. The van der Waals surface area contributed by atoms with E-state index in [2.05, 4.69) is 10.2 Å². The molecule has 3 rings (SSSR count). The van der Waals surface area contributed by atoms with Crippen LogP contribution in [0, 0.1) is 5.82 Å². The minimum absolute atomic E-state index is 0.0556. The Bertz CT molecular complexity index is 838. The van der Waals surface area contributed by atoms with Gasteiger partial charge < -0.3 is 24.6 Å². The molecule has 1 aliphatic heterocycles. The van der Waals surface area contributed by atoms with Gasteiger partial charge in [0, 0.05) is 30.0 Å². The van der Waals surface area contributed by atoms with Crippen molar-refractivity contribution in [3.8, 4) is 5.75 Å². The van der Waals surface area contributed by atoms with Crippen LogP contribution in [0.5, 0.6) is 5.75 Å². The molecule has 2 N–H and O–H groups in total. The summed E-state index contributed by atoms with van der Waals surface area (Å²) in [6, 6.07) is 12.6. The number of carbonyl (C=O) groups is 1. The number of methoxy groups -OCH3 is 1. The van der Waals surface area contributed by atoms with Gasteiger partial charge >= 0.3 is 0 Å². The Hall–Kier alpha value is -2.64. The third kappa shape index (κ3) is 5.49. The number of quaternary nitrogens is 1. The van der Waals surface area contributed by atoms with E-state index >= 15 is 0 Å². The fraction of sp³-hybridized carbons (Fsp3) is 0.435. The molecule has 0 aliphatic carbocycles. The smallest absolute Gasteiger partial charge is 0.282 e. The van der Waals surface area contributed by atoms with Crippen molar-refractivity contribution in [2.24, 2.45) is 0 Å². The Kier molecular flexibility index (Phi) is 7.65. The minimum atomic E-state index is -0.386. The lowest BCUT2D eigenvalue weighted by Crippen LogP contribution is -3.15. The quantitative estimate of drug-likeness (QED) is 0.692. The van der Waals surface area contributed by atoms with E-state index < -0.39 is 0 Å². The van der Waals surface area contributed by atoms with Crippen molar-refractivity contribution in [2.45, 2.75) is 26.4 Å². The first-order chi connectivity index (χ1) is 14.5. The van der Waals surface area contributed by atoms with Gasteiger partial charge in [-0.25, -0.2) is 4.39 Å². The molecule has 0 bridgehead atoms. The number of carbonyl (C=O) groups excluding carboxylic acids is 1. The van der Waals surface area contributed by atoms with Gasteiger partial charge in [0.15, 0.2) is 17.6 Å². The minimum Gasteiger partial charge on any atom is -0.494 e. The lowest BCUT2D eigenvalue weighted by molar-refractivity contribution is -0.925. The van der Waals surface area contributed by atoms with Gasteiger partial charge in [-0.05, 0) is 56.3 Å². The number of amides is 1. The monoisotopic (exact) mass is 416 g/mol. The van der Waals surface area contributed by atoms with E-state index in [1.165, 1.54) is 13.2 Å². The second kappa shape index (κ2) is 10.4. The summed E-state index contributed by atoms with van der Waals surface area (Å²) in [7, 11) is 1.45. The van der Waals surface area contributed by atoms with Gasteiger partial charge in [0.1, 0.15) is 6.54 Å². The van der Waals surface area contributed by atoms with Crippen LogP contribution < -0.4 is 19.9 Å². The van der Waals surface area contributed by atoms with Crippen LogP contribution in [-0.2, 0) is 16.1 Å². The molecule has 2 aromatic carbocycles. The van der Waals surface area contributed by atoms with Crippen LogP contribution in [0.2, 0.25) is 0 Å². The first-order valence-corrected chi connectivity index (χ1v) is 10.4. The highest BCUT2D eigenvalue weighted by Crippen LogP contribution is 2.19. The first-order valence-electron chi connectivity index (χ1n) is 10.4. The lowest BCUT2D eigenvalue weighted by atomic mass is 10.1. The van der Waals surface area contributed by atoms with Crippen LogP contribution in [0.1, 0.15) is 19.4 Å². The largest absolute Gasteiger partial charge is 0.494 e. The summed E-state index contributed by atoms with van der Waals surface area (Å²) in [5.74, 6) is -0.217. The van der Waals surface area contributed by atoms with E-state index in [0.717, 1.165) is 54.7 Å². The van der Waals surface area contributed by atoms with Crippen LogP contribution >= 0.6 is 0 Å². The van der Waals surface area contributed by atoms with Crippen LogP contribution in [0.4, 0.5) is 15.8 Å². The summed E-state index contributed by atoms with van der Waals surface area (Å²) in [5.41, 5.74) is 2.74. The highest BCUT2D eigenvalue weighted by Gasteiger charge is 2.24. The Morgan fingerprint density at radius 3 is 2.53 bits per heavy atom. The van der Waals surface area contributed by atoms with Gasteiger partial charge in [0.05, 0.1) is 26.9 Å². The summed E-state index contributed by atoms with van der Waals surface area (Å²) in [6.07, 6.45) is 0. The molecular weight excluding hydrogens is 385 g/mol. The maximum Gasteiger partial charge on any atom is 0.282 e. The summed E-state index contributed by atoms with van der Waals surface area (Å²) in [6.45, 7) is 8.47. The molecule has 1 aliphatic rings. The highest BCUT2D eigenvalue weighted by atomic mass is 19.1. The molecule has 162 valence electrons. The Labute approximate surface area is 177 Å². The van der Waals surface area contributed by atoms with Crippen LogP contribution in [0.15, 0.2) is 42.5 Å². The number of morpholine rings is 1. The van der Waals surface area contributed by atoms with E-state index in [0.29, 0.717) is 6.54 Å². The van der Waals surface area contributed by atoms with E-state index in [1.807, 2.05) is 44.2 Å². The molecular formula is C23H31FN3O3+. The maximum atomic E-state index is 14.0. The van der Waals surface area contributed by atoms with Crippen molar-refractivity contribution < 1.29 is 23.6 Å². The number of hydrogen-bond acceptors (Lipinski definition) is 4. The fourth-order valence-electron chi connectivity index (χ4n) is 3.68. The molecule has 1 fully saturated rings. The maximum absolute atomic E-state index is 14.0. The Morgan fingerprint density at radius 1 is 1.23 bits per heavy atom. The Morgan fingerprint density at radius 2 is 1.93 bits per heavy atom. The van der Waals surface area contributed by atoms with Crippen molar-refractivity contribution in [2.75, 3.05) is 50.2 Å². The molecule has 1 amide bonds. The second-order valence-electron chi connectivity index (χ2n) is 7.51. The van der Waals surface area contributed by atoms with Gasteiger partial charge in [-0.1, -0.05) is 0 Å². The molecule has 30 heavy (non-hydrogen) atoms. The Balaban J connectivity index is 1.59. The average molecular weight is 417 g/mol. The number of ether oxygens (including phenoxy) is 2. The zero-order chi connectivity index (χ0) is 21.5. The average Bonchev–Trinajstić information content (AvgIpc) is 2.78. The lowest BCUT2D eigenvalue weighted by Gasteiger charge is -2.29. The number of likely N-dealkylation sites (N-methyl/N-ethyl adjacent to an activating group) is 1. The zero-order valence-corrected chi connectivity index (χ0v) is 17.9. The molecule has 0 aromatic heterocycles. The van der Waals surface area contributed by atoms with Crippen molar-refractivity contribution in [3.05, 3.63) is 53.8 Å². The predicted molar refractivity (Wildman–Crippen MR) is 116 cm³/mol. The van der Waals surface area contributed by atoms with Crippen molar-refractivity contribution in [1.29, 1.82) is 0 Å². The number of halogens is 1. The topological polar surface area (TPSA) is 55.2 Å². The number of hydrogen-bond donors (Lipinski definition) is 2. The van der Waals surface area contributed by atoms with E-state index in [1.54, 1.807) is 6.07 Å². The molecule has 0 radical (unpaired) electrons. The third-order valence-electron chi connectivity index (χ3n) is 5.62. The van der Waals surface area contributed by atoms with Gasteiger partial charge in [-0.3, -0.25) is 4.79 Å². The van der Waals surface area contributed by atoms with E-state index in [4.69, 9.17) is 9.47 Å². The van der Waals surface area contributed by atoms with Crippen LogP contribution in [0.3, 0.4) is 0 Å². The third-order valence-corrected chi connectivity index (χ3v) is 5.62. The summed E-state index contributed by atoms with van der Waals surface area (Å²) in [5, 5.41) is 3.00. The number of anilines is 2. The second-order valence-corrected chi connectivity index (χ2v) is 7.51. The van der Waals surface area contributed by atoms with Gasteiger partial charge in [-0.2, -0.15) is 0 Å². The highest BCUT2D eigenvalue weighted by molar-refractivity contribution is 5.93. The van der Waals surface area contributed by atoms with Gasteiger partial charge in [0.2, 0.25) is 0 Å². The number of nitrogens with one attached hydrogen (secondary N) is 2. The summed E-state index contributed by atoms with van der Waals surface area (Å²) >= 11 is 0. The molecule has 1 saturated heterocycles. The molecule has 2 aromatic rings. The molecule has 0 saturated carbocycles. The fourth-order valence-corrected chi connectivity index (χ4v) is 3.68. The molecule has 2 atom stereocenters. The molecule has 1 unspecified atom stereocenters. The van der Waals surface area contributed by atoms with Crippen molar-refractivity contribution in [3.63, 3.8) is 0 Å². The van der Waals surface area contributed by atoms with E-state index in [9.17, 15) is 9.18 Å². The summed E-state index contributed by atoms with van der Waals surface area (Å²) in [4.78, 5) is 16.1. The normalized spacial score (nSPS) is 16.1. The van der Waals surface area contributed by atoms with Crippen molar-refractivity contribution in [1.82, 2.24) is 0 Å². The predicted octanol–water partition coefficient (Wildman–Crippen LogP) is 2.10. The number of nitrogens with zero attached hydrogens (tertiary/aromatic N) is 1.